The third kappa shape index (κ3) is 2.59. The van der Waals surface area contributed by atoms with Gasteiger partial charge >= 0.3 is 0 Å². The van der Waals surface area contributed by atoms with Gasteiger partial charge in [0.25, 0.3) is 0 Å². The molecule has 0 bridgehead atoms. The Kier molecular flexibility index (Phi) is 3.81. The molecule has 1 aromatic heterocycles. The quantitative estimate of drug-likeness (QED) is 0.693. The molecule has 1 fully saturated rings. The second-order valence-corrected chi connectivity index (χ2v) is 7.40. The number of nitrogens with zero attached hydrogens (tertiary/aromatic N) is 1. The summed E-state index contributed by atoms with van der Waals surface area (Å²) in [5, 5.41) is 7.81. The lowest BCUT2D eigenvalue weighted by atomic mass is 9.74. The lowest BCUT2D eigenvalue weighted by Gasteiger charge is -2.45. The maximum absolute atomic E-state index is 11.2. The number of carbonyl (C=O) groups excluding carboxylic acids is 1. The number of aromatic nitrogens is 1. The summed E-state index contributed by atoms with van der Waals surface area (Å²) in [5.74, 6) is 0.349. The summed E-state index contributed by atoms with van der Waals surface area (Å²) in [6.45, 7) is 2.41. The molecule has 1 saturated heterocycles. The minimum absolute atomic E-state index is 0.131. The van der Waals surface area contributed by atoms with Crippen LogP contribution in [0.15, 0.2) is 24.4 Å². The topological polar surface area (TPSA) is 60.2 Å². The minimum Gasteiger partial charge on any atom is -0.361 e. The van der Waals surface area contributed by atoms with Crippen molar-refractivity contribution in [3.05, 3.63) is 35.5 Å². The molecule has 2 aromatic rings. The van der Waals surface area contributed by atoms with Gasteiger partial charge in [0.1, 0.15) is 0 Å². The van der Waals surface area contributed by atoms with E-state index in [0.717, 1.165) is 19.4 Å². The molecule has 1 amide bonds. The Bertz CT molecular complexity index is 814. The van der Waals surface area contributed by atoms with Crippen molar-refractivity contribution in [2.24, 2.45) is 0 Å². The van der Waals surface area contributed by atoms with E-state index in [2.05, 4.69) is 52.0 Å². The van der Waals surface area contributed by atoms with Crippen LogP contribution in [0.1, 0.15) is 30.4 Å². The summed E-state index contributed by atoms with van der Waals surface area (Å²) in [7, 11) is 2.19. The molecular formula is C18H22N4OS. The van der Waals surface area contributed by atoms with Gasteiger partial charge < -0.3 is 20.5 Å². The average molecular weight is 342 g/mol. The zero-order chi connectivity index (χ0) is 16.8. The van der Waals surface area contributed by atoms with E-state index in [1.807, 2.05) is 0 Å². The third-order valence-corrected chi connectivity index (χ3v) is 5.57. The molecule has 1 aliphatic heterocycles. The van der Waals surface area contributed by atoms with Crippen LogP contribution in [0.2, 0.25) is 0 Å². The third-order valence-electron chi connectivity index (χ3n) is 5.35. The molecule has 126 valence electrons. The summed E-state index contributed by atoms with van der Waals surface area (Å²) in [5.41, 5.74) is 4.09. The van der Waals surface area contributed by atoms with Crippen LogP contribution in [0.5, 0.6) is 0 Å². The van der Waals surface area contributed by atoms with Gasteiger partial charge in [-0.3, -0.25) is 4.79 Å². The van der Waals surface area contributed by atoms with E-state index in [9.17, 15) is 4.79 Å². The fourth-order valence-corrected chi connectivity index (χ4v) is 4.74. The maximum Gasteiger partial charge on any atom is 0.222 e. The number of thiocarbonyl (C=S) groups is 1. The first-order chi connectivity index (χ1) is 11.5. The largest absolute Gasteiger partial charge is 0.361 e. The van der Waals surface area contributed by atoms with Crippen LogP contribution in [0, 0.1) is 0 Å². The fraction of sp³-hybridized carbons (Fsp3) is 0.444. The van der Waals surface area contributed by atoms with Crippen LogP contribution in [-0.4, -0.2) is 46.6 Å². The van der Waals surface area contributed by atoms with Crippen molar-refractivity contribution in [2.45, 2.75) is 37.8 Å². The molecule has 3 N–H and O–H groups in total. The van der Waals surface area contributed by atoms with E-state index in [1.165, 1.54) is 29.0 Å². The van der Waals surface area contributed by atoms with Gasteiger partial charge in [0.15, 0.2) is 5.11 Å². The highest BCUT2D eigenvalue weighted by Gasteiger charge is 2.39. The summed E-state index contributed by atoms with van der Waals surface area (Å²) < 4.78 is 0. The standard InChI is InChI=1S/C18H22N4OS/c1-10(23)20-18(24)21-12-7-14-13-4-3-5-15-17(13)11(8-19-15)6-16(14)22(2)9-12/h3-5,8,12,14,16,19H,6-7,9H2,1-2H3,(H2,20,21,23,24)/t12?,14-,16-/m1/s1. The van der Waals surface area contributed by atoms with Gasteiger partial charge in [0, 0.05) is 48.6 Å². The smallest absolute Gasteiger partial charge is 0.222 e. The average Bonchev–Trinajstić information content (AvgIpc) is 2.92. The normalized spacial score (nSPS) is 26.0. The number of H-pyrrole nitrogens is 1. The Morgan fingerprint density at radius 3 is 3.04 bits per heavy atom. The number of aromatic amines is 1. The summed E-state index contributed by atoms with van der Waals surface area (Å²) >= 11 is 5.24. The minimum atomic E-state index is -0.131. The van der Waals surface area contributed by atoms with Crippen molar-refractivity contribution < 1.29 is 4.79 Å². The monoisotopic (exact) mass is 342 g/mol. The van der Waals surface area contributed by atoms with Crippen molar-refractivity contribution in [1.82, 2.24) is 20.5 Å². The molecule has 5 nitrogen and oxygen atoms in total. The molecule has 2 aliphatic rings. The lowest BCUT2D eigenvalue weighted by Crippen LogP contribution is -2.56. The molecular weight excluding hydrogens is 320 g/mol. The highest BCUT2D eigenvalue weighted by atomic mass is 32.1. The van der Waals surface area contributed by atoms with Crippen molar-refractivity contribution in [1.29, 1.82) is 0 Å². The number of hydrogen-bond acceptors (Lipinski definition) is 3. The maximum atomic E-state index is 11.2. The number of fused-ring (bicyclic) bond motifs is 2. The molecule has 0 radical (unpaired) electrons. The van der Waals surface area contributed by atoms with Crippen LogP contribution in [-0.2, 0) is 11.2 Å². The zero-order valence-electron chi connectivity index (χ0n) is 13.9. The van der Waals surface area contributed by atoms with Gasteiger partial charge in [-0.25, -0.2) is 0 Å². The SMILES string of the molecule is CC(=O)NC(=S)NC1C[C@@H]2c3cccc4[nH]cc(c34)C[C@H]2N(C)C1. The Hall–Kier alpha value is -1.92. The number of benzene rings is 1. The molecule has 6 heteroatoms. The van der Waals surface area contributed by atoms with Gasteiger partial charge in [-0.2, -0.15) is 0 Å². The Morgan fingerprint density at radius 2 is 2.25 bits per heavy atom. The van der Waals surface area contributed by atoms with Gasteiger partial charge in [-0.05, 0) is 49.3 Å². The van der Waals surface area contributed by atoms with E-state index in [0.29, 0.717) is 17.1 Å². The number of likely N-dealkylation sites (tertiary alicyclic amines) is 1. The molecule has 0 spiro atoms. The number of nitrogens with one attached hydrogen (secondary N) is 3. The molecule has 0 saturated carbocycles. The molecule has 1 aliphatic carbocycles. The van der Waals surface area contributed by atoms with E-state index in [-0.39, 0.29) is 11.9 Å². The number of amides is 1. The molecule has 2 heterocycles. The number of hydrogen-bond donors (Lipinski definition) is 3. The summed E-state index contributed by atoms with van der Waals surface area (Å²) in [6.07, 6.45) is 4.27. The Labute approximate surface area is 146 Å². The van der Waals surface area contributed by atoms with Crippen LogP contribution >= 0.6 is 12.2 Å². The first-order valence-corrected chi connectivity index (χ1v) is 8.81. The van der Waals surface area contributed by atoms with E-state index < -0.39 is 0 Å². The predicted molar refractivity (Wildman–Crippen MR) is 99.1 cm³/mol. The van der Waals surface area contributed by atoms with Crippen LogP contribution in [0.4, 0.5) is 0 Å². The zero-order valence-corrected chi connectivity index (χ0v) is 14.7. The number of carbonyl (C=O) groups is 1. The van der Waals surface area contributed by atoms with Crippen molar-refractivity contribution >= 4 is 34.1 Å². The first-order valence-electron chi connectivity index (χ1n) is 8.40. The predicted octanol–water partition coefficient (Wildman–Crippen LogP) is 1.89. The van der Waals surface area contributed by atoms with Crippen molar-refractivity contribution in [3.63, 3.8) is 0 Å². The lowest BCUT2D eigenvalue weighted by molar-refractivity contribution is -0.117. The van der Waals surface area contributed by atoms with Crippen LogP contribution in [0.3, 0.4) is 0 Å². The van der Waals surface area contributed by atoms with Gasteiger partial charge in [0.05, 0.1) is 0 Å². The van der Waals surface area contributed by atoms with Gasteiger partial charge in [-0.15, -0.1) is 0 Å². The molecule has 4 rings (SSSR count). The second kappa shape index (κ2) is 5.86. The van der Waals surface area contributed by atoms with E-state index in [1.54, 1.807) is 0 Å². The molecule has 3 atom stereocenters. The van der Waals surface area contributed by atoms with Gasteiger partial charge in [0.2, 0.25) is 5.91 Å². The van der Waals surface area contributed by atoms with Crippen LogP contribution < -0.4 is 10.6 Å². The van der Waals surface area contributed by atoms with Crippen molar-refractivity contribution in [2.75, 3.05) is 13.6 Å². The van der Waals surface area contributed by atoms with Gasteiger partial charge in [-0.1, -0.05) is 12.1 Å². The van der Waals surface area contributed by atoms with Crippen LogP contribution in [0.25, 0.3) is 10.9 Å². The number of piperidine rings is 1. The summed E-state index contributed by atoms with van der Waals surface area (Å²) in [6, 6.07) is 7.31. The second-order valence-electron chi connectivity index (χ2n) is 6.99. The fourth-order valence-electron chi connectivity index (χ4n) is 4.43. The first kappa shape index (κ1) is 15.6. The highest BCUT2D eigenvalue weighted by molar-refractivity contribution is 7.80. The molecule has 24 heavy (non-hydrogen) atoms. The Morgan fingerprint density at radius 1 is 1.42 bits per heavy atom. The van der Waals surface area contributed by atoms with E-state index in [4.69, 9.17) is 12.2 Å². The van der Waals surface area contributed by atoms with E-state index >= 15 is 0 Å². The Balaban J connectivity index is 1.61. The molecule has 1 unspecified atom stereocenters. The summed E-state index contributed by atoms with van der Waals surface area (Å²) in [4.78, 5) is 17.0. The highest BCUT2D eigenvalue weighted by Crippen LogP contribution is 2.42. The molecule has 1 aromatic carbocycles. The van der Waals surface area contributed by atoms with Crippen molar-refractivity contribution in [3.8, 4) is 0 Å². The number of rotatable bonds is 1. The number of likely N-dealkylation sites (N-methyl/N-ethyl adjacent to an activating group) is 1.